The minimum absolute atomic E-state index is 0.147. The van der Waals surface area contributed by atoms with Gasteiger partial charge in [0.25, 0.3) is 0 Å². The van der Waals surface area contributed by atoms with Crippen molar-refractivity contribution in [2.75, 3.05) is 0 Å². The van der Waals surface area contributed by atoms with Gasteiger partial charge in [0.2, 0.25) is 0 Å². The van der Waals surface area contributed by atoms with Crippen molar-refractivity contribution in [2.45, 2.75) is 41.5 Å². The summed E-state index contributed by atoms with van der Waals surface area (Å²) in [5.74, 6) is 1.53. The quantitative estimate of drug-likeness (QED) is 0.137. The maximum atomic E-state index is 12.3. The molecule has 4 rings (SSSR count). The van der Waals surface area contributed by atoms with E-state index in [9.17, 15) is 10.1 Å². The molecule has 0 saturated heterocycles. The number of carbonyl (C=O) groups is 1. The van der Waals surface area contributed by atoms with Crippen LogP contribution in [-0.4, -0.2) is 36.9 Å². The van der Waals surface area contributed by atoms with Gasteiger partial charge in [0.15, 0.2) is 17.3 Å². The van der Waals surface area contributed by atoms with E-state index >= 15 is 0 Å². The predicted molar refractivity (Wildman–Crippen MR) is 144 cm³/mol. The number of nitriles is 1. The smallest absolute Gasteiger partial charge is 0.165 e. The second-order valence-corrected chi connectivity index (χ2v) is 7.92. The highest BCUT2D eigenvalue weighted by molar-refractivity contribution is 5.97. The maximum absolute atomic E-state index is 12.3. The molecule has 0 aliphatic rings. The number of aliphatic imine (C=N–C) groups is 1. The number of ketones is 1. The molecule has 0 fully saturated rings. The molecule has 0 unspecified atom stereocenters. The molecule has 4 heterocycles. The SMILES string of the molecule is C=N/C(C)=C\C=C(/C)Oc1ccc2c(-c3ccc(C(C)=O)c(-n4nc(C#N)cc4C)n3)cnn2c1.CC. The zero-order valence-electron chi connectivity index (χ0n) is 21.9. The number of allylic oxidation sites excluding steroid dienone is 4. The Morgan fingerprint density at radius 2 is 1.92 bits per heavy atom. The van der Waals surface area contributed by atoms with E-state index in [0.29, 0.717) is 34.3 Å². The van der Waals surface area contributed by atoms with E-state index < -0.39 is 0 Å². The average molecular weight is 496 g/mol. The van der Waals surface area contributed by atoms with Crippen LogP contribution in [0.3, 0.4) is 0 Å². The molecule has 0 aromatic carbocycles. The van der Waals surface area contributed by atoms with Crippen LogP contribution in [0, 0.1) is 18.3 Å². The molecule has 0 bridgehead atoms. The summed E-state index contributed by atoms with van der Waals surface area (Å²) in [4.78, 5) is 20.9. The highest BCUT2D eigenvalue weighted by atomic mass is 16.5. The number of ether oxygens (including phenoxy) is 1. The Morgan fingerprint density at radius 1 is 1.16 bits per heavy atom. The fourth-order valence-corrected chi connectivity index (χ4v) is 3.51. The first kappa shape index (κ1) is 26.8. The van der Waals surface area contributed by atoms with E-state index in [4.69, 9.17) is 9.72 Å². The Hall–Kier alpha value is -4.84. The lowest BCUT2D eigenvalue weighted by Crippen LogP contribution is -2.09. The molecule has 0 aliphatic heterocycles. The molecule has 9 heteroatoms. The lowest BCUT2D eigenvalue weighted by atomic mass is 10.1. The van der Waals surface area contributed by atoms with Crippen LogP contribution in [0.15, 0.2) is 71.3 Å². The van der Waals surface area contributed by atoms with Crippen molar-refractivity contribution in [3.63, 3.8) is 0 Å². The molecular weight excluding hydrogens is 466 g/mol. The van der Waals surface area contributed by atoms with Crippen LogP contribution in [0.1, 0.15) is 56.4 Å². The zero-order chi connectivity index (χ0) is 27.1. The van der Waals surface area contributed by atoms with Crippen LogP contribution in [0.4, 0.5) is 0 Å². The van der Waals surface area contributed by atoms with Crippen molar-refractivity contribution >= 4 is 18.0 Å². The number of nitrogens with zero attached hydrogens (tertiary/aromatic N) is 7. The molecule has 188 valence electrons. The number of fused-ring (bicyclic) bond motifs is 1. The van der Waals surface area contributed by atoms with Gasteiger partial charge in [0.05, 0.1) is 29.2 Å². The van der Waals surface area contributed by atoms with Gasteiger partial charge in [-0.15, -0.1) is 0 Å². The van der Waals surface area contributed by atoms with Crippen molar-refractivity contribution < 1.29 is 9.53 Å². The van der Waals surface area contributed by atoms with Gasteiger partial charge >= 0.3 is 0 Å². The molecule has 4 aromatic heterocycles. The van der Waals surface area contributed by atoms with E-state index in [1.165, 1.54) is 11.6 Å². The number of rotatable bonds is 7. The summed E-state index contributed by atoms with van der Waals surface area (Å²) in [5.41, 5.74) is 4.37. The number of hydrogen-bond acceptors (Lipinski definition) is 7. The minimum Gasteiger partial charge on any atom is -0.460 e. The monoisotopic (exact) mass is 495 g/mol. The second kappa shape index (κ2) is 11.7. The Balaban J connectivity index is 0.00000186. The van der Waals surface area contributed by atoms with Gasteiger partial charge in [0.1, 0.15) is 17.6 Å². The summed E-state index contributed by atoms with van der Waals surface area (Å²) in [5, 5.41) is 18.0. The minimum atomic E-state index is -0.147. The summed E-state index contributed by atoms with van der Waals surface area (Å²) in [7, 11) is 0. The second-order valence-electron chi connectivity index (χ2n) is 7.92. The van der Waals surface area contributed by atoms with E-state index in [1.807, 2.05) is 65.0 Å². The van der Waals surface area contributed by atoms with Gasteiger partial charge in [0, 0.05) is 17.0 Å². The molecule has 0 atom stereocenters. The van der Waals surface area contributed by atoms with Gasteiger partial charge in [-0.25, -0.2) is 14.2 Å². The first-order chi connectivity index (χ1) is 17.8. The fourth-order valence-electron chi connectivity index (χ4n) is 3.51. The number of carbonyl (C=O) groups excluding carboxylic acids is 1. The molecule has 0 radical (unpaired) electrons. The number of aromatic nitrogens is 5. The Bertz CT molecular complexity index is 1570. The third-order valence-electron chi connectivity index (χ3n) is 5.31. The van der Waals surface area contributed by atoms with E-state index in [2.05, 4.69) is 21.9 Å². The highest BCUT2D eigenvalue weighted by Gasteiger charge is 2.18. The zero-order valence-corrected chi connectivity index (χ0v) is 21.9. The van der Waals surface area contributed by atoms with Crippen molar-refractivity contribution in [1.29, 1.82) is 5.26 Å². The highest BCUT2D eigenvalue weighted by Crippen LogP contribution is 2.28. The molecule has 9 nitrogen and oxygen atoms in total. The molecule has 0 N–H and O–H groups in total. The maximum Gasteiger partial charge on any atom is 0.165 e. The molecule has 0 saturated carbocycles. The standard InChI is InChI=1S/C26H23N7O2.C2H6/c1-16(28-5)6-7-18(3)35-21-8-11-25-23(14-29-32(25)15-21)24-10-9-22(19(4)34)26(30-24)33-17(2)12-20(13-27)31-33;1-2/h6-12,14-15H,5H2,1-4H3;1-2H3/b16-6-,18-7+;. The fraction of sp³-hybridized carbons (Fsp3) is 0.214. The van der Waals surface area contributed by atoms with Gasteiger partial charge in [-0.05, 0) is 76.9 Å². The van der Waals surface area contributed by atoms with Crippen LogP contribution in [0.5, 0.6) is 5.75 Å². The summed E-state index contributed by atoms with van der Waals surface area (Å²) in [6, 6.07) is 10.9. The number of hydrogen-bond donors (Lipinski definition) is 0. The van der Waals surface area contributed by atoms with Gasteiger partial charge in [-0.2, -0.15) is 15.5 Å². The molecule has 0 spiro atoms. The Morgan fingerprint density at radius 3 is 2.57 bits per heavy atom. The van der Waals surface area contributed by atoms with Crippen LogP contribution in [-0.2, 0) is 0 Å². The summed E-state index contributed by atoms with van der Waals surface area (Å²) < 4.78 is 9.10. The Labute approximate surface area is 216 Å². The summed E-state index contributed by atoms with van der Waals surface area (Å²) in [6.45, 7) is 14.5. The average Bonchev–Trinajstić information content (AvgIpc) is 3.50. The number of aryl methyl sites for hydroxylation is 1. The van der Waals surface area contributed by atoms with Gasteiger partial charge in [-0.1, -0.05) is 13.8 Å². The molecular formula is C28H29N7O2. The topological polar surface area (TPSA) is 110 Å². The first-order valence-electron chi connectivity index (χ1n) is 11.8. The Kier molecular flexibility index (Phi) is 8.48. The molecule has 0 amide bonds. The van der Waals surface area contributed by atoms with Crippen LogP contribution in [0.25, 0.3) is 22.6 Å². The van der Waals surface area contributed by atoms with Crippen molar-refractivity contribution in [2.24, 2.45) is 4.99 Å². The normalized spacial score (nSPS) is 11.5. The lowest BCUT2D eigenvalue weighted by molar-refractivity contribution is 0.101. The van der Waals surface area contributed by atoms with Gasteiger partial charge < -0.3 is 4.74 Å². The summed E-state index contributed by atoms with van der Waals surface area (Å²) in [6.07, 6.45) is 7.13. The van der Waals surface area contributed by atoms with Gasteiger partial charge in [-0.3, -0.25) is 9.79 Å². The van der Waals surface area contributed by atoms with Crippen molar-refractivity contribution in [3.05, 3.63) is 83.3 Å². The van der Waals surface area contributed by atoms with E-state index in [-0.39, 0.29) is 11.5 Å². The van der Waals surface area contributed by atoms with Crippen molar-refractivity contribution in [3.8, 4) is 28.9 Å². The lowest BCUT2D eigenvalue weighted by Gasteiger charge is -2.10. The number of pyridine rings is 2. The van der Waals surface area contributed by atoms with Crippen molar-refractivity contribution in [1.82, 2.24) is 24.4 Å². The third kappa shape index (κ3) is 5.87. The van der Waals surface area contributed by atoms with Crippen LogP contribution in [0.2, 0.25) is 0 Å². The molecule has 4 aromatic rings. The summed E-state index contributed by atoms with van der Waals surface area (Å²) >= 11 is 0. The van der Waals surface area contributed by atoms with E-state index in [1.54, 1.807) is 35.1 Å². The largest absolute Gasteiger partial charge is 0.460 e. The van der Waals surface area contributed by atoms with Crippen LogP contribution >= 0.6 is 0 Å². The first-order valence-corrected chi connectivity index (χ1v) is 11.8. The number of Topliss-reactive ketones (excluding diaryl/α,β-unsaturated/α-hetero) is 1. The molecule has 37 heavy (non-hydrogen) atoms. The predicted octanol–water partition coefficient (Wildman–Crippen LogP) is 5.88. The third-order valence-corrected chi connectivity index (χ3v) is 5.31. The van der Waals surface area contributed by atoms with E-state index in [0.717, 1.165) is 16.8 Å². The van der Waals surface area contributed by atoms with Crippen LogP contribution < -0.4 is 4.74 Å². The molecule has 0 aliphatic carbocycles.